The first-order valence-corrected chi connectivity index (χ1v) is 11.4. The summed E-state index contributed by atoms with van der Waals surface area (Å²) in [7, 11) is 0. The van der Waals surface area contributed by atoms with Crippen molar-refractivity contribution in [2.24, 2.45) is 0 Å². The van der Waals surface area contributed by atoms with Gasteiger partial charge in [0.05, 0.1) is 16.8 Å². The molecule has 0 aliphatic heterocycles. The van der Waals surface area contributed by atoms with Gasteiger partial charge in [-0.2, -0.15) is 0 Å². The predicted molar refractivity (Wildman–Crippen MR) is 125 cm³/mol. The Labute approximate surface area is 190 Å². The van der Waals surface area contributed by atoms with Gasteiger partial charge in [0.2, 0.25) is 5.91 Å². The Morgan fingerprint density at radius 2 is 1.90 bits per heavy atom. The van der Waals surface area contributed by atoms with Crippen LogP contribution in [0, 0.1) is 5.82 Å². The van der Waals surface area contributed by atoms with Crippen LogP contribution in [-0.2, 0) is 4.79 Å². The lowest BCUT2D eigenvalue weighted by Crippen LogP contribution is -2.23. The minimum absolute atomic E-state index is 0.0830. The van der Waals surface area contributed by atoms with E-state index < -0.39 is 0 Å². The lowest BCUT2D eigenvalue weighted by atomic mass is 10.1. The molecule has 2 N–H and O–H groups in total. The summed E-state index contributed by atoms with van der Waals surface area (Å²) in [5, 5.41) is 8.86. The zero-order valence-corrected chi connectivity index (χ0v) is 18.9. The molecule has 31 heavy (non-hydrogen) atoms. The fraction of sp³-hybridized carbons (Fsp3) is 0.136. The number of nitrogens with zero attached hydrogens (tertiary/aromatic N) is 1. The van der Waals surface area contributed by atoms with E-state index in [-0.39, 0.29) is 23.7 Å². The van der Waals surface area contributed by atoms with E-state index in [9.17, 15) is 14.0 Å². The van der Waals surface area contributed by atoms with Crippen LogP contribution in [0.5, 0.6) is 0 Å². The molecule has 0 spiro atoms. The van der Waals surface area contributed by atoms with Crippen molar-refractivity contribution in [1.82, 2.24) is 10.3 Å². The standard InChI is InChI=1S/C22H17ClFN3O2S2/c1-11(25-12(2)28)13-3-5-14(6-4-13)17-10-30-22(26-17)27-21(29)20-19(23)16-8-7-15(24)9-18(16)31-20/h3-11H,1-2H3,(H,25,28)(H,26,27,29). The van der Waals surface area contributed by atoms with Gasteiger partial charge in [-0.3, -0.25) is 14.9 Å². The van der Waals surface area contributed by atoms with E-state index in [0.29, 0.717) is 25.1 Å². The van der Waals surface area contributed by atoms with E-state index in [2.05, 4.69) is 15.6 Å². The summed E-state index contributed by atoms with van der Waals surface area (Å²) in [5.74, 6) is -0.841. The summed E-state index contributed by atoms with van der Waals surface area (Å²) in [6.07, 6.45) is 0. The Bertz CT molecular complexity index is 1280. The molecule has 0 bridgehead atoms. The largest absolute Gasteiger partial charge is 0.350 e. The van der Waals surface area contributed by atoms with Crippen molar-refractivity contribution in [2.75, 3.05) is 5.32 Å². The number of carbonyl (C=O) groups is 2. The van der Waals surface area contributed by atoms with Crippen LogP contribution in [0.25, 0.3) is 21.3 Å². The van der Waals surface area contributed by atoms with E-state index in [1.165, 1.54) is 30.4 Å². The average molecular weight is 474 g/mol. The molecule has 0 saturated carbocycles. The number of halogens is 2. The molecule has 0 aliphatic carbocycles. The molecule has 1 unspecified atom stereocenters. The van der Waals surface area contributed by atoms with Gasteiger partial charge >= 0.3 is 0 Å². The van der Waals surface area contributed by atoms with Gasteiger partial charge in [0.25, 0.3) is 5.91 Å². The minimum Gasteiger partial charge on any atom is -0.350 e. The van der Waals surface area contributed by atoms with Gasteiger partial charge in [0, 0.05) is 28.0 Å². The van der Waals surface area contributed by atoms with Crippen LogP contribution in [0.4, 0.5) is 9.52 Å². The first kappa shape index (κ1) is 21.4. The van der Waals surface area contributed by atoms with Crippen LogP contribution in [0.2, 0.25) is 5.02 Å². The number of hydrogen-bond donors (Lipinski definition) is 2. The van der Waals surface area contributed by atoms with Crippen LogP contribution in [0.15, 0.2) is 47.8 Å². The first-order valence-electron chi connectivity index (χ1n) is 9.33. The monoisotopic (exact) mass is 473 g/mol. The number of thiophene rings is 1. The van der Waals surface area contributed by atoms with E-state index >= 15 is 0 Å². The summed E-state index contributed by atoms with van der Waals surface area (Å²) in [4.78, 5) is 28.7. The number of aromatic nitrogens is 1. The number of anilines is 1. The molecule has 2 aromatic heterocycles. The molecule has 158 valence electrons. The number of thiazole rings is 1. The van der Waals surface area contributed by atoms with Crippen molar-refractivity contribution in [2.45, 2.75) is 19.9 Å². The van der Waals surface area contributed by atoms with Gasteiger partial charge in [-0.05, 0) is 30.7 Å². The molecule has 0 saturated heterocycles. The van der Waals surface area contributed by atoms with Gasteiger partial charge in [0.15, 0.2) is 5.13 Å². The highest BCUT2D eigenvalue weighted by Crippen LogP contribution is 2.36. The maximum Gasteiger partial charge on any atom is 0.269 e. The smallest absolute Gasteiger partial charge is 0.269 e. The average Bonchev–Trinajstić information content (AvgIpc) is 3.32. The van der Waals surface area contributed by atoms with Crippen LogP contribution in [0.1, 0.15) is 35.1 Å². The van der Waals surface area contributed by atoms with E-state index in [1.54, 1.807) is 6.07 Å². The summed E-state index contributed by atoms with van der Waals surface area (Å²) >= 11 is 8.77. The van der Waals surface area contributed by atoms with Gasteiger partial charge in [-0.25, -0.2) is 9.37 Å². The molecular formula is C22H17ClFN3O2S2. The maximum atomic E-state index is 13.5. The van der Waals surface area contributed by atoms with Crippen molar-refractivity contribution in [3.05, 3.63) is 69.1 Å². The second kappa shape index (κ2) is 8.74. The highest BCUT2D eigenvalue weighted by molar-refractivity contribution is 7.22. The number of rotatable bonds is 5. The van der Waals surface area contributed by atoms with Crippen molar-refractivity contribution >= 4 is 61.3 Å². The number of benzene rings is 2. The first-order chi connectivity index (χ1) is 14.8. The summed E-state index contributed by atoms with van der Waals surface area (Å²) in [5.41, 5.74) is 2.60. The third-order valence-electron chi connectivity index (χ3n) is 4.65. The van der Waals surface area contributed by atoms with E-state index in [0.717, 1.165) is 28.2 Å². The number of nitrogens with one attached hydrogen (secondary N) is 2. The van der Waals surface area contributed by atoms with Crippen molar-refractivity contribution in [3.8, 4) is 11.3 Å². The fourth-order valence-corrected chi connectivity index (χ4v) is 5.29. The Kier molecular flexibility index (Phi) is 6.04. The molecule has 2 heterocycles. The number of carbonyl (C=O) groups excluding carboxylic acids is 2. The lowest BCUT2D eigenvalue weighted by Gasteiger charge is -2.12. The second-order valence-corrected chi connectivity index (χ2v) is 9.21. The molecule has 4 aromatic rings. The molecular weight excluding hydrogens is 457 g/mol. The summed E-state index contributed by atoms with van der Waals surface area (Å²) in [6, 6.07) is 11.9. The Hall–Kier alpha value is -2.81. The van der Waals surface area contributed by atoms with Crippen molar-refractivity contribution < 1.29 is 14.0 Å². The van der Waals surface area contributed by atoms with Gasteiger partial charge in [-0.1, -0.05) is 35.9 Å². The molecule has 4 rings (SSSR count). The number of amides is 2. The van der Waals surface area contributed by atoms with Crippen LogP contribution in [0.3, 0.4) is 0 Å². The van der Waals surface area contributed by atoms with Gasteiger partial charge < -0.3 is 5.32 Å². The van der Waals surface area contributed by atoms with Crippen LogP contribution < -0.4 is 10.6 Å². The third kappa shape index (κ3) is 4.61. The molecule has 0 aliphatic rings. The fourth-order valence-electron chi connectivity index (χ4n) is 3.13. The summed E-state index contributed by atoms with van der Waals surface area (Å²) in [6.45, 7) is 3.40. The maximum absolute atomic E-state index is 13.5. The van der Waals surface area contributed by atoms with Gasteiger partial charge in [-0.15, -0.1) is 22.7 Å². The number of hydrogen-bond acceptors (Lipinski definition) is 5. The Balaban J connectivity index is 1.50. The third-order valence-corrected chi connectivity index (χ3v) is 7.06. The zero-order chi connectivity index (χ0) is 22.1. The molecule has 2 aromatic carbocycles. The molecule has 9 heteroatoms. The minimum atomic E-state index is -0.382. The molecule has 0 radical (unpaired) electrons. The van der Waals surface area contributed by atoms with Crippen molar-refractivity contribution in [3.63, 3.8) is 0 Å². The normalized spacial score (nSPS) is 12.0. The molecule has 5 nitrogen and oxygen atoms in total. The van der Waals surface area contributed by atoms with Crippen molar-refractivity contribution in [1.29, 1.82) is 0 Å². The van der Waals surface area contributed by atoms with E-state index in [1.807, 2.05) is 36.6 Å². The highest BCUT2D eigenvalue weighted by Gasteiger charge is 2.19. The second-order valence-electron chi connectivity index (χ2n) is 6.92. The van der Waals surface area contributed by atoms with Crippen LogP contribution >= 0.6 is 34.3 Å². The lowest BCUT2D eigenvalue weighted by molar-refractivity contribution is -0.119. The van der Waals surface area contributed by atoms with Gasteiger partial charge in [0.1, 0.15) is 10.7 Å². The quantitative estimate of drug-likeness (QED) is 0.359. The van der Waals surface area contributed by atoms with E-state index in [4.69, 9.17) is 11.6 Å². The molecule has 2 amide bonds. The van der Waals surface area contributed by atoms with Crippen LogP contribution in [-0.4, -0.2) is 16.8 Å². The molecule has 0 fully saturated rings. The molecule has 1 atom stereocenters. The highest BCUT2D eigenvalue weighted by atomic mass is 35.5. The summed E-state index contributed by atoms with van der Waals surface area (Å²) < 4.78 is 14.1. The SMILES string of the molecule is CC(=O)NC(C)c1ccc(-c2csc(NC(=O)c3sc4cc(F)ccc4c3Cl)n2)cc1. The zero-order valence-electron chi connectivity index (χ0n) is 16.5. The number of fused-ring (bicyclic) bond motifs is 1. The topological polar surface area (TPSA) is 71.1 Å². The Morgan fingerprint density at radius 1 is 1.16 bits per heavy atom. The Morgan fingerprint density at radius 3 is 2.61 bits per heavy atom. The predicted octanol–water partition coefficient (Wildman–Crippen LogP) is 6.27.